The van der Waals surface area contributed by atoms with Crippen LogP contribution in [-0.4, -0.2) is 68.6 Å². The van der Waals surface area contributed by atoms with E-state index >= 15 is 0 Å². The first kappa shape index (κ1) is 19.2. The molecule has 1 aliphatic rings. The van der Waals surface area contributed by atoms with Crippen molar-refractivity contribution in [1.29, 1.82) is 0 Å². The Bertz CT molecular complexity index is 742. The van der Waals surface area contributed by atoms with E-state index in [2.05, 4.69) is 0 Å². The monoisotopic (exact) mass is 372 g/mol. The summed E-state index contributed by atoms with van der Waals surface area (Å²) >= 11 is 0. The number of rotatable bonds is 6. The van der Waals surface area contributed by atoms with Crippen molar-refractivity contribution >= 4 is 21.7 Å². The molecular formula is C15H20N2O7S. The number of hydrogen-bond donors (Lipinski definition) is 2. The van der Waals surface area contributed by atoms with Gasteiger partial charge in [0, 0.05) is 13.1 Å². The Kier molecular flexibility index (Phi) is 5.65. The lowest BCUT2D eigenvalue weighted by atomic mass is 10.2. The molecule has 0 aromatic heterocycles. The van der Waals surface area contributed by atoms with E-state index in [9.17, 15) is 23.1 Å². The number of morpholine rings is 1. The van der Waals surface area contributed by atoms with Crippen molar-refractivity contribution < 1.29 is 32.6 Å². The average Bonchev–Trinajstić information content (AvgIpc) is 2.62. The van der Waals surface area contributed by atoms with E-state index in [1.807, 2.05) is 0 Å². The fourth-order valence-corrected chi connectivity index (χ4v) is 3.86. The van der Waals surface area contributed by atoms with Gasteiger partial charge in [-0.15, -0.1) is 0 Å². The summed E-state index contributed by atoms with van der Waals surface area (Å²) < 4.78 is 35.6. The largest absolute Gasteiger partial charge is 0.497 e. The van der Waals surface area contributed by atoms with Crippen LogP contribution in [0.4, 0.5) is 0 Å². The van der Waals surface area contributed by atoms with Crippen molar-refractivity contribution in [3.05, 3.63) is 24.3 Å². The zero-order valence-corrected chi connectivity index (χ0v) is 14.5. The highest BCUT2D eigenvalue weighted by atomic mass is 32.2. The standard InChI is InChI=1S/C15H20N2O7S/c1-23-11-2-4-12(5-3-11)25(21,22)15(16,14(19)20)10-13(18)17-6-8-24-9-7-17/h2-5H,6-10,16H2,1H3,(H,19,20). The fraction of sp³-hybridized carbons (Fsp3) is 0.467. The second-order valence-electron chi connectivity index (χ2n) is 5.54. The van der Waals surface area contributed by atoms with Crippen LogP contribution in [0.2, 0.25) is 0 Å². The van der Waals surface area contributed by atoms with Crippen molar-refractivity contribution in [1.82, 2.24) is 4.90 Å². The molecule has 1 unspecified atom stereocenters. The highest BCUT2D eigenvalue weighted by Crippen LogP contribution is 2.27. The smallest absolute Gasteiger partial charge is 0.340 e. The first-order valence-electron chi connectivity index (χ1n) is 7.49. The maximum Gasteiger partial charge on any atom is 0.340 e. The molecule has 1 heterocycles. The number of amides is 1. The first-order chi connectivity index (χ1) is 11.7. The fourth-order valence-electron chi connectivity index (χ4n) is 2.40. The number of methoxy groups -OCH3 is 1. The molecule has 1 aromatic rings. The molecule has 0 radical (unpaired) electrons. The van der Waals surface area contributed by atoms with Gasteiger partial charge in [-0.25, -0.2) is 13.2 Å². The zero-order chi connectivity index (χ0) is 18.7. The number of hydrogen-bond acceptors (Lipinski definition) is 7. The van der Waals surface area contributed by atoms with Crippen LogP contribution < -0.4 is 10.5 Å². The Morgan fingerprint density at radius 1 is 1.28 bits per heavy atom. The van der Waals surface area contributed by atoms with Gasteiger partial charge in [-0.2, -0.15) is 0 Å². The quantitative estimate of drug-likeness (QED) is 0.679. The number of carboxylic acid groups (broad SMARTS) is 1. The molecule has 10 heteroatoms. The molecule has 25 heavy (non-hydrogen) atoms. The number of carboxylic acids is 1. The summed E-state index contributed by atoms with van der Waals surface area (Å²) in [7, 11) is -3.10. The van der Waals surface area contributed by atoms with Gasteiger partial charge >= 0.3 is 5.97 Å². The predicted octanol–water partition coefficient (Wildman–Crippen LogP) is -0.543. The van der Waals surface area contributed by atoms with E-state index in [0.29, 0.717) is 19.0 Å². The Labute approximate surface area is 145 Å². The van der Waals surface area contributed by atoms with Gasteiger partial charge in [0.2, 0.25) is 20.6 Å². The lowest BCUT2D eigenvalue weighted by molar-refractivity contribution is -0.145. The molecule has 138 valence electrons. The second kappa shape index (κ2) is 7.38. The molecule has 0 saturated carbocycles. The van der Waals surface area contributed by atoms with Crippen LogP contribution in [0.15, 0.2) is 29.2 Å². The lowest BCUT2D eigenvalue weighted by Crippen LogP contribution is -2.58. The van der Waals surface area contributed by atoms with Crippen molar-refractivity contribution in [2.75, 3.05) is 33.4 Å². The van der Waals surface area contributed by atoms with Crippen LogP contribution in [-0.2, 0) is 24.2 Å². The second-order valence-corrected chi connectivity index (χ2v) is 7.75. The van der Waals surface area contributed by atoms with Crippen molar-refractivity contribution in [3.8, 4) is 5.75 Å². The number of sulfone groups is 1. The Morgan fingerprint density at radius 2 is 1.84 bits per heavy atom. The molecule has 1 aromatic carbocycles. The summed E-state index contributed by atoms with van der Waals surface area (Å²) in [5.41, 5.74) is 5.73. The minimum atomic E-state index is -4.51. The topological polar surface area (TPSA) is 136 Å². The van der Waals surface area contributed by atoms with Gasteiger partial charge in [0.25, 0.3) is 0 Å². The molecule has 0 bridgehead atoms. The van der Waals surface area contributed by atoms with Crippen LogP contribution in [0.5, 0.6) is 5.75 Å². The van der Waals surface area contributed by atoms with Crippen LogP contribution in [0.25, 0.3) is 0 Å². The highest BCUT2D eigenvalue weighted by Gasteiger charge is 2.50. The van der Waals surface area contributed by atoms with Crippen molar-refractivity contribution in [2.45, 2.75) is 16.2 Å². The van der Waals surface area contributed by atoms with Gasteiger partial charge in [0.05, 0.1) is 31.6 Å². The van der Waals surface area contributed by atoms with E-state index < -0.39 is 33.0 Å². The normalized spacial score (nSPS) is 17.6. The van der Waals surface area contributed by atoms with Gasteiger partial charge in [0.15, 0.2) is 0 Å². The zero-order valence-electron chi connectivity index (χ0n) is 13.7. The van der Waals surface area contributed by atoms with E-state index in [-0.39, 0.29) is 18.0 Å². The molecular weight excluding hydrogens is 352 g/mol. The molecule has 1 atom stereocenters. The van der Waals surface area contributed by atoms with Crippen LogP contribution >= 0.6 is 0 Å². The number of carbonyl (C=O) groups excluding carboxylic acids is 1. The summed E-state index contributed by atoms with van der Waals surface area (Å²) in [6.45, 7) is 1.14. The minimum Gasteiger partial charge on any atom is -0.497 e. The van der Waals surface area contributed by atoms with Gasteiger partial charge < -0.3 is 25.2 Å². The third kappa shape index (κ3) is 3.75. The Balaban J connectivity index is 2.32. The van der Waals surface area contributed by atoms with Gasteiger partial charge in [-0.1, -0.05) is 0 Å². The summed E-state index contributed by atoms with van der Waals surface area (Å²) in [4.78, 5) is 22.3. The summed E-state index contributed by atoms with van der Waals surface area (Å²) in [5, 5.41) is 9.45. The molecule has 1 aliphatic heterocycles. The Hall–Kier alpha value is -2.17. The number of nitrogens with two attached hydrogens (primary N) is 1. The molecule has 0 spiro atoms. The van der Waals surface area contributed by atoms with E-state index in [4.69, 9.17) is 15.2 Å². The molecule has 3 N–H and O–H groups in total. The molecule has 9 nitrogen and oxygen atoms in total. The van der Waals surface area contributed by atoms with Gasteiger partial charge in [0.1, 0.15) is 5.75 Å². The molecule has 0 aliphatic carbocycles. The van der Waals surface area contributed by atoms with E-state index in [1.54, 1.807) is 0 Å². The number of carbonyl (C=O) groups is 2. The Morgan fingerprint density at radius 3 is 2.32 bits per heavy atom. The number of benzene rings is 1. The SMILES string of the molecule is COc1ccc(S(=O)(=O)C(N)(CC(=O)N2CCOCC2)C(=O)O)cc1. The van der Waals surface area contributed by atoms with Gasteiger partial charge in [-0.3, -0.25) is 4.79 Å². The maximum atomic E-state index is 12.8. The number of ether oxygens (including phenoxy) is 2. The maximum absolute atomic E-state index is 12.8. The van der Waals surface area contributed by atoms with Crippen LogP contribution in [0, 0.1) is 0 Å². The average molecular weight is 372 g/mol. The highest BCUT2D eigenvalue weighted by molar-refractivity contribution is 7.93. The molecule has 2 rings (SSSR count). The van der Waals surface area contributed by atoms with Crippen molar-refractivity contribution in [3.63, 3.8) is 0 Å². The van der Waals surface area contributed by atoms with Crippen molar-refractivity contribution in [2.24, 2.45) is 5.73 Å². The first-order valence-corrected chi connectivity index (χ1v) is 8.97. The third-order valence-electron chi connectivity index (χ3n) is 3.99. The van der Waals surface area contributed by atoms with Crippen LogP contribution in [0.1, 0.15) is 6.42 Å². The van der Waals surface area contributed by atoms with Crippen LogP contribution in [0.3, 0.4) is 0 Å². The summed E-state index contributed by atoms with van der Waals surface area (Å²) in [6.07, 6.45) is -0.864. The van der Waals surface area contributed by atoms with Gasteiger partial charge in [-0.05, 0) is 24.3 Å². The minimum absolute atomic E-state index is 0.261. The predicted molar refractivity (Wildman–Crippen MR) is 86.8 cm³/mol. The molecule has 1 fully saturated rings. The summed E-state index contributed by atoms with van der Waals surface area (Å²) in [5.74, 6) is -2.03. The molecule has 1 saturated heterocycles. The number of aliphatic carboxylic acids is 1. The molecule has 1 amide bonds. The third-order valence-corrected chi connectivity index (χ3v) is 6.16. The van der Waals surface area contributed by atoms with E-state index in [1.165, 1.54) is 36.3 Å². The number of nitrogens with zero attached hydrogens (tertiary/aromatic N) is 1. The summed E-state index contributed by atoms with van der Waals surface area (Å²) in [6, 6.07) is 5.13. The lowest BCUT2D eigenvalue weighted by Gasteiger charge is -2.30. The van der Waals surface area contributed by atoms with E-state index in [0.717, 1.165) is 0 Å².